The molecule has 0 N–H and O–H groups in total. The van der Waals surface area contributed by atoms with Gasteiger partial charge >= 0.3 is 0 Å². The zero-order valence-electron chi connectivity index (χ0n) is 22.8. The Kier molecular flexibility index (Phi) is 5.14. The van der Waals surface area contributed by atoms with E-state index in [1.54, 1.807) is 0 Å². The monoisotopic (exact) mass is 451 g/mol. The number of rotatable bonds is 1. The number of Topliss-reactive ketones (excluding diaryl/α,β-unsaturated/α-hetero) is 1. The molecule has 0 saturated heterocycles. The number of hydrogen-bond donors (Lipinski definition) is 0. The van der Waals surface area contributed by atoms with Gasteiger partial charge in [-0.15, -0.1) is 0 Å². The van der Waals surface area contributed by atoms with Gasteiger partial charge in [-0.2, -0.15) is 5.26 Å². The van der Waals surface area contributed by atoms with Gasteiger partial charge in [-0.1, -0.05) is 55.4 Å². The van der Waals surface area contributed by atoms with E-state index in [0.717, 1.165) is 19.3 Å². The fourth-order valence-electron chi connectivity index (χ4n) is 12.0. The summed E-state index contributed by atoms with van der Waals surface area (Å²) in [5.41, 5.74) is 0.651. The van der Waals surface area contributed by atoms with Crippen LogP contribution in [0, 0.1) is 79.8 Å². The molecule has 2 nitrogen and oxygen atoms in total. The van der Waals surface area contributed by atoms with E-state index in [4.69, 9.17) is 0 Å². The van der Waals surface area contributed by atoms with Crippen molar-refractivity contribution < 1.29 is 4.79 Å². The normalized spacial score (nSPS) is 55.2. The van der Waals surface area contributed by atoms with Crippen LogP contribution in [0.3, 0.4) is 0 Å². The van der Waals surface area contributed by atoms with Crippen molar-refractivity contribution in [2.24, 2.45) is 68.5 Å². The van der Waals surface area contributed by atoms with Gasteiger partial charge in [0, 0.05) is 11.3 Å². The number of fused-ring (bicyclic) bond motifs is 7. The Morgan fingerprint density at radius 3 is 2.21 bits per heavy atom. The Morgan fingerprint density at radius 1 is 0.879 bits per heavy atom. The molecular formula is C31H49NO. The second-order valence-electron chi connectivity index (χ2n) is 15.1. The lowest BCUT2D eigenvalue weighted by Crippen LogP contribution is -2.67. The van der Waals surface area contributed by atoms with Gasteiger partial charge < -0.3 is 0 Å². The Labute approximate surface area is 203 Å². The predicted octanol–water partition coefficient (Wildman–Crippen LogP) is 8.06. The lowest BCUT2D eigenvalue weighted by molar-refractivity contribution is -0.235. The molecule has 0 aromatic rings. The van der Waals surface area contributed by atoms with Crippen LogP contribution in [0.1, 0.15) is 113 Å². The number of ketones is 1. The molecule has 0 aromatic carbocycles. The maximum Gasteiger partial charge on any atom is 0.141 e. The van der Waals surface area contributed by atoms with E-state index in [1.165, 1.54) is 38.5 Å². The Morgan fingerprint density at radius 2 is 1.58 bits per heavy atom. The first-order chi connectivity index (χ1) is 15.3. The Balaban J connectivity index is 1.57. The molecule has 0 aromatic heterocycles. The molecule has 5 aliphatic rings. The number of carbonyl (C=O) groups is 1. The first-order valence-corrected chi connectivity index (χ1v) is 14.2. The first-order valence-electron chi connectivity index (χ1n) is 14.2. The third kappa shape index (κ3) is 2.75. The van der Waals surface area contributed by atoms with Crippen molar-refractivity contribution in [3.05, 3.63) is 0 Å². The molecule has 0 unspecified atom stereocenters. The maximum absolute atomic E-state index is 13.2. The molecule has 5 aliphatic carbocycles. The minimum atomic E-state index is -0.192. The third-order valence-electron chi connectivity index (χ3n) is 13.5. The number of nitriles is 1. The van der Waals surface area contributed by atoms with Crippen molar-refractivity contribution in [1.29, 1.82) is 5.26 Å². The van der Waals surface area contributed by atoms with Crippen molar-refractivity contribution in [2.75, 3.05) is 0 Å². The lowest BCUT2D eigenvalue weighted by atomic mass is 9.32. The van der Waals surface area contributed by atoms with Crippen LogP contribution >= 0.6 is 0 Å². The van der Waals surface area contributed by atoms with Crippen LogP contribution in [-0.2, 0) is 4.79 Å². The van der Waals surface area contributed by atoms with Crippen LogP contribution in [0.5, 0.6) is 0 Å². The highest BCUT2D eigenvalue weighted by Gasteiger charge is 2.71. The summed E-state index contributed by atoms with van der Waals surface area (Å²) in [6.45, 7) is 19.5. The first kappa shape index (κ1) is 23.9. The molecule has 10 atom stereocenters. The van der Waals surface area contributed by atoms with Crippen molar-refractivity contribution in [2.45, 2.75) is 113 Å². The zero-order chi connectivity index (χ0) is 24.2. The topological polar surface area (TPSA) is 40.9 Å². The summed E-state index contributed by atoms with van der Waals surface area (Å²) in [6.07, 6.45) is 10.9. The van der Waals surface area contributed by atoms with E-state index in [-0.39, 0.29) is 22.2 Å². The Hall–Kier alpha value is -0.840. The average Bonchev–Trinajstić information content (AvgIpc) is 3.13. The summed E-state index contributed by atoms with van der Waals surface area (Å²) in [4.78, 5) is 13.2. The van der Waals surface area contributed by atoms with Crippen molar-refractivity contribution in [1.82, 2.24) is 0 Å². The van der Waals surface area contributed by atoms with Gasteiger partial charge in [0.2, 0.25) is 0 Å². The molecule has 0 radical (unpaired) electrons. The molecule has 0 amide bonds. The van der Waals surface area contributed by atoms with Gasteiger partial charge in [0.15, 0.2) is 0 Å². The van der Waals surface area contributed by atoms with E-state index in [0.29, 0.717) is 52.1 Å². The summed E-state index contributed by atoms with van der Waals surface area (Å²) in [5, 5.41) is 10.4. The number of hydrogen-bond acceptors (Lipinski definition) is 2. The minimum Gasteiger partial charge on any atom is -0.299 e. The highest BCUT2D eigenvalue weighted by molar-refractivity contribution is 5.87. The molecule has 5 rings (SSSR count). The summed E-state index contributed by atoms with van der Waals surface area (Å²) in [5.74, 6) is 4.59. The number of carbonyl (C=O) groups excluding carboxylic acids is 1. The molecule has 0 spiro atoms. The highest BCUT2D eigenvalue weighted by atomic mass is 16.1. The van der Waals surface area contributed by atoms with Crippen molar-refractivity contribution >= 4 is 5.78 Å². The summed E-state index contributed by atoms with van der Waals surface area (Å²) < 4.78 is 0. The van der Waals surface area contributed by atoms with E-state index in [1.807, 2.05) is 0 Å². The molecule has 0 heterocycles. The van der Waals surface area contributed by atoms with Gasteiger partial charge in [0.1, 0.15) is 5.78 Å². The average molecular weight is 452 g/mol. The van der Waals surface area contributed by atoms with Crippen LogP contribution in [0.15, 0.2) is 0 Å². The van der Waals surface area contributed by atoms with Gasteiger partial charge in [0.05, 0.1) is 11.5 Å². The highest BCUT2D eigenvalue weighted by Crippen LogP contribution is 2.77. The third-order valence-corrected chi connectivity index (χ3v) is 13.5. The Bertz CT molecular complexity index is 882. The van der Waals surface area contributed by atoms with E-state index in [9.17, 15) is 10.1 Å². The maximum atomic E-state index is 13.2. The minimum absolute atomic E-state index is 0.0584. The second kappa shape index (κ2) is 7.11. The molecule has 0 bridgehead atoms. The molecule has 33 heavy (non-hydrogen) atoms. The summed E-state index contributed by atoms with van der Waals surface area (Å²) in [7, 11) is 0. The summed E-state index contributed by atoms with van der Waals surface area (Å²) >= 11 is 0. The van der Waals surface area contributed by atoms with E-state index < -0.39 is 0 Å². The molecule has 5 fully saturated rings. The van der Waals surface area contributed by atoms with E-state index in [2.05, 4.69) is 61.5 Å². The van der Waals surface area contributed by atoms with Gasteiger partial charge in [0.25, 0.3) is 0 Å². The van der Waals surface area contributed by atoms with Crippen molar-refractivity contribution in [3.8, 4) is 6.07 Å². The van der Waals surface area contributed by atoms with E-state index >= 15 is 0 Å². The molecule has 5 saturated carbocycles. The fraction of sp³-hybridized carbons (Fsp3) is 0.935. The van der Waals surface area contributed by atoms with Crippen LogP contribution in [0.25, 0.3) is 0 Å². The SMILES string of the molecule is CC(C)[C@@H]1CC[C@@]2(C#N)CC[C@]3(C)[C@H](CC[C@@H]4[C@]5(C)C[C@@H](C)C(=O)C(C)(C)[C@H]5CC[C@]43C)[C@@H]12. The molecule has 184 valence electrons. The second-order valence-corrected chi connectivity index (χ2v) is 15.1. The molecule has 2 heteroatoms. The quantitative estimate of drug-likeness (QED) is 0.404. The predicted molar refractivity (Wildman–Crippen MR) is 134 cm³/mol. The van der Waals surface area contributed by atoms with Crippen LogP contribution in [-0.4, -0.2) is 5.78 Å². The van der Waals surface area contributed by atoms with Crippen molar-refractivity contribution in [3.63, 3.8) is 0 Å². The van der Waals surface area contributed by atoms with Gasteiger partial charge in [-0.05, 0) is 110 Å². The fourth-order valence-corrected chi connectivity index (χ4v) is 12.0. The number of nitrogens with zero attached hydrogens (tertiary/aromatic N) is 1. The van der Waals surface area contributed by atoms with Gasteiger partial charge in [-0.25, -0.2) is 0 Å². The lowest BCUT2D eigenvalue weighted by Gasteiger charge is -2.72. The smallest absolute Gasteiger partial charge is 0.141 e. The van der Waals surface area contributed by atoms with Crippen LogP contribution < -0.4 is 0 Å². The zero-order valence-corrected chi connectivity index (χ0v) is 22.8. The summed E-state index contributed by atoms with van der Waals surface area (Å²) in [6, 6.07) is 2.94. The molecule has 0 aliphatic heterocycles. The van der Waals surface area contributed by atoms with Crippen LogP contribution in [0.2, 0.25) is 0 Å². The van der Waals surface area contributed by atoms with Crippen LogP contribution in [0.4, 0.5) is 0 Å². The molecular weight excluding hydrogens is 402 g/mol. The standard InChI is InChI=1S/C31H49NO/c1-19(2)21-11-14-31(18-32)16-15-29(7)22(25(21)31)9-10-24-28(6)17-20(3)26(33)27(4,5)23(28)12-13-30(24,29)8/h19-25H,9-17H2,1-8H3/t20-,21+,22-,23-,24-,25-,28-,29-,30-,31+/m1/s1. The van der Waals surface area contributed by atoms with Gasteiger partial charge in [-0.3, -0.25) is 4.79 Å². The largest absolute Gasteiger partial charge is 0.299 e.